The zero-order valence-electron chi connectivity index (χ0n) is 8.31. The molecule has 0 saturated carbocycles. The van der Waals surface area contributed by atoms with Crippen molar-refractivity contribution in [1.29, 1.82) is 0 Å². The van der Waals surface area contributed by atoms with Crippen molar-refractivity contribution in [3.63, 3.8) is 0 Å². The van der Waals surface area contributed by atoms with E-state index in [1.807, 2.05) is 0 Å². The van der Waals surface area contributed by atoms with E-state index < -0.39 is 23.3 Å². The van der Waals surface area contributed by atoms with E-state index in [2.05, 4.69) is 0 Å². The Morgan fingerprint density at radius 3 is 2.69 bits per heavy atom. The van der Waals surface area contributed by atoms with Crippen molar-refractivity contribution in [2.75, 3.05) is 0 Å². The van der Waals surface area contributed by atoms with Gasteiger partial charge in [-0.05, 0) is 6.07 Å². The van der Waals surface area contributed by atoms with Crippen LogP contribution in [0, 0.1) is 5.82 Å². The molecule has 0 aliphatic carbocycles. The first kappa shape index (κ1) is 11.9. The van der Waals surface area contributed by atoms with Crippen molar-refractivity contribution >= 4 is 18.0 Å². The smallest absolute Gasteiger partial charge is 0.338 e. The summed E-state index contributed by atoms with van der Waals surface area (Å²) in [7, 11) is 0. The van der Waals surface area contributed by atoms with Gasteiger partial charge in [-0.2, -0.15) is 0 Å². The van der Waals surface area contributed by atoms with Gasteiger partial charge in [-0.25, -0.2) is 9.18 Å². The van der Waals surface area contributed by atoms with Gasteiger partial charge in [-0.15, -0.1) is 0 Å². The number of aromatic carboxylic acids is 1. The molecule has 0 atom stereocenters. The number of amides is 1. The van der Waals surface area contributed by atoms with Crippen molar-refractivity contribution < 1.29 is 19.1 Å². The summed E-state index contributed by atoms with van der Waals surface area (Å²) in [5.74, 6) is -2.69. The van der Waals surface area contributed by atoms with Gasteiger partial charge >= 0.3 is 5.97 Å². The van der Waals surface area contributed by atoms with E-state index in [0.29, 0.717) is 0 Å². The standard InChI is InChI=1S/C11H10FNO3/c12-10-7(4-2-6-9(13)14)3-1-5-8(10)11(15)16/h1-5H,6H2,(H2,13,14)(H,15,16). The highest BCUT2D eigenvalue weighted by atomic mass is 19.1. The van der Waals surface area contributed by atoms with Gasteiger partial charge < -0.3 is 10.8 Å². The lowest BCUT2D eigenvalue weighted by Crippen LogP contribution is -2.08. The molecule has 0 unspecified atom stereocenters. The van der Waals surface area contributed by atoms with Crippen molar-refractivity contribution in [2.24, 2.45) is 5.73 Å². The Balaban J connectivity index is 2.97. The predicted octanol–water partition coefficient (Wildman–Crippen LogP) is 1.41. The second-order valence-electron chi connectivity index (χ2n) is 3.09. The van der Waals surface area contributed by atoms with E-state index in [1.165, 1.54) is 30.4 Å². The summed E-state index contributed by atoms with van der Waals surface area (Å²) < 4.78 is 13.5. The monoisotopic (exact) mass is 223 g/mol. The van der Waals surface area contributed by atoms with Crippen LogP contribution in [-0.2, 0) is 4.79 Å². The van der Waals surface area contributed by atoms with Gasteiger partial charge in [0, 0.05) is 12.0 Å². The molecule has 0 heterocycles. The number of nitrogens with two attached hydrogens (primary N) is 1. The van der Waals surface area contributed by atoms with E-state index in [0.717, 1.165) is 0 Å². The average Bonchev–Trinajstić information content (AvgIpc) is 2.19. The molecule has 1 rings (SSSR count). The largest absolute Gasteiger partial charge is 0.478 e. The highest BCUT2D eigenvalue weighted by Gasteiger charge is 2.11. The van der Waals surface area contributed by atoms with Crippen molar-refractivity contribution in [3.8, 4) is 0 Å². The molecule has 16 heavy (non-hydrogen) atoms. The Morgan fingerprint density at radius 2 is 2.12 bits per heavy atom. The third kappa shape index (κ3) is 2.91. The van der Waals surface area contributed by atoms with Crippen molar-refractivity contribution in [3.05, 3.63) is 41.2 Å². The van der Waals surface area contributed by atoms with Gasteiger partial charge in [0.15, 0.2) is 0 Å². The number of primary amides is 1. The summed E-state index contributed by atoms with van der Waals surface area (Å²) in [6, 6.07) is 4.01. The van der Waals surface area contributed by atoms with Gasteiger partial charge in [0.25, 0.3) is 0 Å². The number of carbonyl (C=O) groups is 2. The van der Waals surface area contributed by atoms with Gasteiger partial charge in [0.05, 0.1) is 5.56 Å². The van der Waals surface area contributed by atoms with Crippen LogP contribution in [0.1, 0.15) is 22.3 Å². The van der Waals surface area contributed by atoms with Crippen LogP contribution < -0.4 is 5.73 Å². The number of carbonyl (C=O) groups excluding carboxylic acids is 1. The first-order valence-electron chi connectivity index (χ1n) is 4.49. The lowest BCUT2D eigenvalue weighted by molar-refractivity contribution is -0.117. The minimum Gasteiger partial charge on any atom is -0.478 e. The molecule has 0 aliphatic rings. The molecule has 0 bridgehead atoms. The first-order valence-corrected chi connectivity index (χ1v) is 4.49. The van der Waals surface area contributed by atoms with Gasteiger partial charge in [-0.1, -0.05) is 24.3 Å². The van der Waals surface area contributed by atoms with E-state index in [9.17, 15) is 14.0 Å². The summed E-state index contributed by atoms with van der Waals surface area (Å²) >= 11 is 0. The highest BCUT2D eigenvalue weighted by Crippen LogP contribution is 2.14. The Labute approximate surface area is 91.2 Å². The molecular weight excluding hydrogens is 213 g/mol. The van der Waals surface area contributed by atoms with Crippen LogP contribution in [0.5, 0.6) is 0 Å². The molecule has 1 amide bonds. The van der Waals surface area contributed by atoms with E-state index >= 15 is 0 Å². The number of hydrogen-bond donors (Lipinski definition) is 2. The summed E-state index contributed by atoms with van der Waals surface area (Å²) in [6.07, 6.45) is 2.69. The summed E-state index contributed by atoms with van der Waals surface area (Å²) in [4.78, 5) is 21.1. The number of halogens is 1. The summed E-state index contributed by atoms with van der Waals surface area (Å²) in [5.41, 5.74) is 4.61. The number of carboxylic acid groups (broad SMARTS) is 1. The van der Waals surface area contributed by atoms with Crippen LogP contribution in [0.15, 0.2) is 24.3 Å². The Morgan fingerprint density at radius 1 is 1.44 bits per heavy atom. The molecule has 0 spiro atoms. The molecule has 0 radical (unpaired) electrons. The number of benzene rings is 1. The van der Waals surface area contributed by atoms with Gasteiger partial charge in [0.1, 0.15) is 5.82 Å². The minimum atomic E-state index is -1.33. The molecule has 0 aromatic heterocycles. The lowest BCUT2D eigenvalue weighted by Gasteiger charge is -2.00. The number of rotatable bonds is 4. The predicted molar refractivity (Wildman–Crippen MR) is 56.2 cm³/mol. The van der Waals surface area contributed by atoms with Crippen LogP contribution in [0.4, 0.5) is 4.39 Å². The maximum Gasteiger partial charge on any atom is 0.338 e. The molecule has 3 N–H and O–H groups in total. The van der Waals surface area contributed by atoms with E-state index in [-0.39, 0.29) is 12.0 Å². The maximum absolute atomic E-state index is 13.5. The SMILES string of the molecule is NC(=O)CC=Cc1cccc(C(=O)O)c1F. The summed E-state index contributed by atoms with van der Waals surface area (Å²) in [6.45, 7) is 0. The third-order valence-corrected chi connectivity index (χ3v) is 1.88. The average molecular weight is 223 g/mol. The van der Waals surface area contributed by atoms with Gasteiger partial charge in [0.2, 0.25) is 5.91 Å². The fourth-order valence-electron chi connectivity index (χ4n) is 1.15. The van der Waals surface area contributed by atoms with Crippen LogP contribution in [-0.4, -0.2) is 17.0 Å². The van der Waals surface area contributed by atoms with E-state index in [4.69, 9.17) is 10.8 Å². The van der Waals surface area contributed by atoms with Crippen molar-refractivity contribution in [1.82, 2.24) is 0 Å². The quantitative estimate of drug-likeness (QED) is 0.809. The Kier molecular flexibility index (Phi) is 3.77. The van der Waals surface area contributed by atoms with Crippen LogP contribution in [0.3, 0.4) is 0 Å². The summed E-state index contributed by atoms with van der Waals surface area (Å²) in [5, 5.41) is 8.67. The first-order chi connectivity index (χ1) is 7.52. The zero-order chi connectivity index (χ0) is 12.1. The van der Waals surface area contributed by atoms with Crippen LogP contribution in [0.2, 0.25) is 0 Å². The number of carboxylic acids is 1. The molecule has 84 valence electrons. The van der Waals surface area contributed by atoms with Crippen molar-refractivity contribution in [2.45, 2.75) is 6.42 Å². The third-order valence-electron chi connectivity index (χ3n) is 1.88. The molecule has 4 nitrogen and oxygen atoms in total. The fourth-order valence-corrected chi connectivity index (χ4v) is 1.15. The topological polar surface area (TPSA) is 80.4 Å². The Bertz CT molecular complexity index is 455. The second-order valence-corrected chi connectivity index (χ2v) is 3.09. The van der Waals surface area contributed by atoms with Gasteiger partial charge in [-0.3, -0.25) is 4.79 Å². The number of hydrogen-bond acceptors (Lipinski definition) is 2. The normalized spacial score (nSPS) is 10.6. The molecule has 0 aliphatic heterocycles. The molecule has 0 saturated heterocycles. The molecule has 0 fully saturated rings. The zero-order valence-corrected chi connectivity index (χ0v) is 8.31. The van der Waals surface area contributed by atoms with Crippen LogP contribution >= 0.6 is 0 Å². The lowest BCUT2D eigenvalue weighted by atomic mass is 10.1. The molecule has 5 heteroatoms. The second kappa shape index (κ2) is 5.06. The minimum absolute atomic E-state index is 0.0171. The molecule has 1 aromatic carbocycles. The van der Waals surface area contributed by atoms with E-state index in [1.54, 1.807) is 0 Å². The highest BCUT2D eigenvalue weighted by molar-refractivity contribution is 5.88. The maximum atomic E-state index is 13.5. The molecule has 1 aromatic rings. The molecular formula is C11H10FNO3. The van der Waals surface area contributed by atoms with Crippen LogP contribution in [0.25, 0.3) is 6.08 Å². The fraction of sp³-hybridized carbons (Fsp3) is 0.0909. The Hall–Kier alpha value is -2.17.